The maximum absolute atomic E-state index is 12.9. The van der Waals surface area contributed by atoms with Crippen LogP contribution in [-0.2, 0) is 0 Å². The van der Waals surface area contributed by atoms with Gasteiger partial charge in [-0.1, -0.05) is 48.9 Å². The van der Waals surface area contributed by atoms with Crippen LogP contribution in [0.1, 0.15) is 79.6 Å². The molecule has 3 aromatic rings. The lowest BCUT2D eigenvalue weighted by molar-refractivity contribution is 0.0941. The monoisotopic (exact) mass is 455 g/mol. The van der Waals surface area contributed by atoms with Crippen molar-refractivity contribution >= 4 is 34.7 Å². The Hall–Kier alpha value is -2.98. The molecule has 3 atom stereocenters. The second-order valence-electron chi connectivity index (χ2n) is 9.48. The molecular weight excluding hydrogens is 426 g/mol. The van der Waals surface area contributed by atoms with E-state index in [2.05, 4.69) is 43.3 Å². The minimum Gasteiger partial charge on any atom is -0.366 e. The first-order chi connectivity index (χ1) is 16.0. The summed E-state index contributed by atoms with van der Waals surface area (Å²) in [5, 5.41) is 0. The summed E-state index contributed by atoms with van der Waals surface area (Å²) in [6.07, 6.45) is 7.37. The van der Waals surface area contributed by atoms with Crippen LogP contribution in [0.2, 0.25) is 0 Å². The van der Waals surface area contributed by atoms with Gasteiger partial charge in [-0.25, -0.2) is 0 Å². The van der Waals surface area contributed by atoms with Gasteiger partial charge in [0.1, 0.15) is 0 Å². The van der Waals surface area contributed by atoms with Crippen LogP contribution in [0.4, 0.5) is 0 Å². The van der Waals surface area contributed by atoms with Crippen molar-refractivity contribution in [1.29, 1.82) is 0 Å². The zero-order valence-corrected chi connectivity index (χ0v) is 19.7. The first-order valence-corrected chi connectivity index (χ1v) is 12.6. The smallest absolute Gasteiger partial charge is 0.248 e. The number of benzene rings is 2. The lowest BCUT2D eigenvalue weighted by Crippen LogP contribution is -2.23. The van der Waals surface area contributed by atoms with Gasteiger partial charge in [-0.05, 0) is 84.6 Å². The maximum atomic E-state index is 12.9. The van der Waals surface area contributed by atoms with Crippen molar-refractivity contribution in [1.82, 2.24) is 0 Å². The van der Waals surface area contributed by atoms with Crippen molar-refractivity contribution in [3.05, 3.63) is 92.7 Å². The van der Waals surface area contributed by atoms with E-state index in [0.29, 0.717) is 23.8 Å². The number of carbonyl (C=O) groups excluding carboxylic acids is 2. The van der Waals surface area contributed by atoms with Crippen molar-refractivity contribution in [2.45, 2.75) is 44.9 Å². The molecule has 33 heavy (non-hydrogen) atoms. The quantitative estimate of drug-likeness (QED) is 0.412. The van der Waals surface area contributed by atoms with E-state index in [1.54, 1.807) is 11.3 Å². The number of allylic oxidation sites excluding steroid dienone is 1. The van der Waals surface area contributed by atoms with Crippen LogP contribution in [0, 0.1) is 18.8 Å². The molecule has 0 bridgehead atoms. The van der Waals surface area contributed by atoms with Gasteiger partial charge in [0.15, 0.2) is 5.78 Å². The molecule has 1 heterocycles. The van der Waals surface area contributed by atoms with Crippen molar-refractivity contribution in [2.24, 2.45) is 17.6 Å². The highest BCUT2D eigenvalue weighted by Gasteiger charge is 2.36. The van der Waals surface area contributed by atoms with Crippen LogP contribution in [0.15, 0.2) is 60.7 Å². The van der Waals surface area contributed by atoms with E-state index >= 15 is 0 Å². The molecule has 2 aliphatic rings. The summed E-state index contributed by atoms with van der Waals surface area (Å²) in [6.45, 7) is 2.05. The SMILES string of the molecule is Cc1ccc(C(=O)CC2CCCC(C3C(c4ccccc4)=Cc4cc(C(N)=O)ccc43)C2)s1. The molecule has 0 saturated heterocycles. The summed E-state index contributed by atoms with van der Waals surface area (Å²) < 4.78 is 0. The third-order valence-corrected chi connectivity index (χ3v) is 8.29. The molecule has 1 amide bonds. The van der Waals surface area contributed by atoms with Crippen molar-refractivity contribution < 1.29 is 9.59 Å². The number of Topliss-reactive ketones (excluding diaryl/α,β-unsaturated/α-hetero) is 1. The fraction of sp³-hybridized carbons (Fsp3) is 0.310. The van der Waals surface area contributed by atoms with Crippen molar-refractivity contribution in [3.8, 4) is 0 Å². The van der Waals surface area contributed by atoms with Crippen LogP contribution >= 0.6 is 11.3 Å². The normalized spacial score (nSPS) is 22.0. The predicted octanol–water partition coefficient (Wildman–Crippen LogP) is 6.87. The molecule has 5 rings (SSSR count). The third kappa shape index (κ3) is 4.45. The van der Waals surface area contributed by atoms with Crippen LogP contribution < -0.4 is 5.73 Å². The number of hydrogen-bond acceptors (Lipinski definition) is 3. The molecular formula is C29H29NO2S. The van der Waals surface area contributed by atoms with Gasteiger partial charge in [0.2, 0.25) is 5.91 Å². The highest BCUT2D eigenvalue weighted by Crippen LogP contribution is 2.51. The molecule has 0 radical (unpaired) electrons. The fourth-order valence-corrected chi connectivity index (χ4v) is 6.55. The second kappa shape index (κ2) is 9.11. The van der Waals surface area contributed by atoms with Gasteiger partial charge in [0.05, 0.1) is 4.88 Å². The lowest BCUT2D eigenvalue weighted by atomic mass is 9.69. The zero-order valence-electron chi connectivity index (χ0n) is 18.9. The number of rotatable bonds is 6. The summed E-state index contributed by atoms with van der Waals surface area (Å²) in [7, 11) is 0. The van der Waals surface area contributed by atoms with E-state index in [4.69, 9.17) is 5.73 Å². The number of thiophene rings is 1. The fourth-order valence-electron chi connectivity index (χ4n) is 5.73. The molecule has 3 nitrogen and oxygen atoms in total. The van der Waals surface area contributed by atoms with E-state index in [1.807, 2.05) is 30.3 Å². The first kappa shape index (κ1) is 21.8. The molecule has 1 saturated carbocycles. The molecule has 1 fully saturated rings. The molecule has 2 aromatic carbocycles. The number of fused-ring (bicyclic) bond motifs is 1. The predicted molar refractivity (Wildman–Crippen MR) is 135 cm³/mol. The number of nitrogens with two attached hydrogens (primary N) is 1. The van der Waals surface area contributed by atoms with Crippen molar-refractivity contribution in [2.75, 3.05) is 0 Å². The molecule has 4 heteroatoms. The summed E-state index contributed by atoms with van der Waals surface area (Å²) in [6, 6.07) is 20.4. The van der Waals surface area contributed by atoms with E-state index in [1.165, 1.54) is 21.6 Å². The van der Waals surface area contributed by atoms with Gasteiger partial charge in [-0.3, -0.25) is 9.59 Å². The molecule has 0 aliphatic heterocycles. The number of hydrogen-bond donors (Lipinski definition) is 1. The Bertz CT molecular complexity index is 1220. The number of carbonyl (C=O) groups is 2. The molecule has 3 unspecified atom stereocenters. The largest absolute Gasteiger partial charge is 0.366 e. The Labute approximate surface area is 199 Å². The van der Waals surface area contributed by atoms with Gasteiger partial charge < -0.3 is 5.73 Å². The molecule has 2 aliphatic carbocycles. The number of primary amides is 1. The average molecular weight is 456 g/mol. The molecule has 2 N–H and O–H groups in total. The highest BCUT2D eigenvalue weighted by atomic mass is 32.1. The van der Waals surface area contributed by atoms with Crippen LogP contribution in [0.3, 0.4) is 0 Å². The highest BCUT2D eigenvalue weighted by molar-refractivity contribution is 7.14. The summed E-state index contributed by atoms with van der Waals surface area (Å²) in [5.41, 5.74) is 11.0. The van der Waals surface area contributed by atoms with Gasteiger partial charge in [-0.15, -0.1) is 11.3 Å². The maximum Gasteiger partial charge on any atom is 0.248 e. The second-order valence-corrected chi connectivity index (χ2v) is 10.8. The number of aryl methyl sites for hydroxylation is 1. The van der Waals surface area contributed by atoms with Crippen LogP contribution in [0.25, 0.3) is 11.6 Å². The van der Waals surface area contributed by atoms with Gasteiger partial charge in [0, 0.05) is 22.8 Å². The number of ketones is 1. The lowest BCUT2D eigenvalue weighted by Gasteiger charge is -2.35. The molecule has 168 valence electrons. The minimum absolute atomic E-state index is 0.284. The zero-order chi connectivity index (χ0) is 22.9. The first-order valence-electron chi connectivity index (χ1n) is 11.8. The van der Waals surface area contributed by atoms with E-state index in [9.17, 15) is 9.59 Å². The van der Waals surface area contributed by atoms with Gasteiger partial charge >= 0.3 is 0 Å². The average Bonchev–Trinajstić information content (AvgIpc) is 3.43. The molecule has 1 aromatic heterocycles. The number of amides is 1. The van der Waals surface area contributed by atoms with E-state index < -0.39 is 5.91 Å². The molecule has 0 spiro atoms. The summed E-state index contributed by atoms with van der Waals surface area (Å²) >= 11 is 1.61. The van der Waals surface area contributed by atoms with Gasteiger partial charge in [-0.2, -0.15) is 0 Å². The van der Waals surface area contributed by atoms with Crippen LogP contribution in [-0.4, -0.2) is 11.7 Å². The van der Waals surface area contributed by atoms with Crippen molar-refractivity contribution in [3.63, 3.8) is 0 Å². The topological polar surface area (TPSA) is 60.2 Å². The summed E-state index contributed by atoms with van der Waals surface area (Å²) in [4.78, 5) is 26.7. The summed E-state index contributed by atoms with van der Waals surface area (Å²) in [5.74, 6) is 1.08. The van der Waals surface area contributed by atoms with Gasteiger partial charge in [0.25, 0.3) is 0 Å². The standard InChI is InChI=1S/C29H29NO2S/c1-18-10-13-27(33-18)26(31)15-19-6-5-9-21(14-19)28-24-12-11-22(29(30)32)16-23(24)17-25(28)20-7-3-2-4-8-20/h2-4,7-8,10-13,16-17,19,21,28H,5-6,9,14-15H2,1H3,(H2,30,32). The Morgan fingerprint density at radius 1 is 1.03 bits per heavy atom. The van der Waals surface area contributed by atoms with E-state index in [0.717, 1.165) is 36.1 Å². The van der Waals surface area contributed by atoms with Crippen LogP contribution in [0.5, 0.6) is 0 Å². The third-order valence-electron chi connectivity index (χ3n) is 7.24. The minimum atomic E-state index is -0.393. The Kier molecular flexibility index (Phi) is 6.03. The van der Waals surface area contributed by atoms with E-state index in [-0.39, 0.29) is 11.7 Å². The Balaban J connectivity index is 1.43. The Morgan fingerprint density at radius 3 is 2.58 bits per heavy atom. The Morgan fingerprint density at radius 2 is 1.85 bits per heavy atom.